The van der Waals surface area contributed by atoms with Gasteiger partial charge in [0.05, 0.1) is 18.3 Å². The highest BCUT2D eigenvalue weighted by molar-refractivity contribution is 7.78. The molecule has 0 saturated carbocycles. The van der Waals surface area contributed by atoms with Crippen molar-refractivity contribution in [3.05, 3.63) is 59.5 Å². The number of nitrogens with one attached hydrogen (secondary N) is 2. The summed E-state index contributed by atoms with van der Waals surface area (Å²) in [6, 6.07) is 10.3. The van der Waals surface area contributed by atoms with Gasteiger partial charge in [-0.05, 0) is 39.5 Å². The monoisotopic (exact) mass is 332 g/mol. The molecule has 0 heterocycles. The lowest BCUT2D eigenvalue weighted by molar-refractivity contribution is 0.297. The average molecular weight is 333 g/mol. The van der Waals surface area contributed by atoms with Gasteiger partial charge in [0.2, 0.25) is 0 Å². The number of allylic oxidation sites excluding steroid dienone is 2. The van der Waals surface area contributed by atoms with Crippen LogP contribution >= 0.6 is 12.2 Å². The van der Waals surface area contributed by atoms with Crippen LogP contribution in [0.25, 0.3) is 0 Å². The Hall–Kier alpha value is -2.09. The van der Waals surface area contributed by atoms with Crippen molar-refractivity contribution in [3.8, 4) is 12.3 Å². The van der Waals surface area contributed by atoms with Gasteiger partial charge in [-0.2, -0.15) is 0 Å². The first-order valence-electron chi connectivity index (χ1n) is 7.28. The molecule has 0 aromatic heterocycles. The predicted molar refractivity (Wildman–Crippen MR) is 105 cm³/mol. The molecule has 4 heteroatoms. The first-order valence-corrected chi connectivity index (χ1v) is 7.75. The van der Waals surface area contributed by atoms with E-state index in [1.807, 2.05) is 51.2 Å². The van der Waals surface area contributed by atoms with Crippen molar-refractivity contribution in [1.82, 2.24) is 10.6 Å². The van der Waals surface area contributed by atoms with E-state index in [1.54, 1.807) is 14.0 Å². The minimum atomic E-state index is 0.800. The first kappa shape index (κ1) is 23.2. The Morgan fingerprint density at radius 2 is 1.83 bits per heavy atom. The van der Waals surface area contributed by atoms with Crippen LogP contribution in [0.2, 0.25) is 0 Å². The summed E-state index contributed by atoms with van der Waals surface area (Å²) in [5, 5.41) is 5.98. The summed E-state index contributed by atoms with van der Waals surface area (Å²) in [5.74, 6) is 3.05. The van der Waals surface area contributed by atoms with Crippen LogP contribution in [0, 0.1) is 12.3 Å². The van der Waals surface area contributed by atoms with E-state index < -0.39 is 0 Å². The minimum Gasteiger partial charge on any atom is -0.495 e. The SMILES string of the molecule is C#CC.C/C=C(NC=S)\C(=C/C)OC.CNCc1ccccc1. The number of hydrogen-bond acceptors (Lipinski definition) is 3. The standard InChI is InChI=1S/C8H13NOS.C8H11N.C3H4/c1-4-7(9-6-11)8(5-2)10-3;1-9-7-8-5-3-2-4-6-8;1-3-2/h4-6H,1-3H3,(H,9,11);2-6,9H,7H2,1H3;1H,2H3/b7-4+,8-5+;;. The Bertz CT molecular complexity index is 502. The van der Waals surface area contributed by atoms with E-state index in [0.29, 0.717) is 0 Å². The predicted octanol–water partition coefficient (Wildman–Crippen LogP) is 4.03. The average Bonchev–Trinajstić information content (AvgIpc) is 2.57. The molecule has 0 bridgehead atoms. The number of terminal acetylenes is 1. The lowest BCUT2D eigenvalue weighted by Gasteiger charge is -2.08. The van der Waals surface area contributed by atoms with E-state index in [9.17, 15) is 0 Å². The number of methoxy groups -OCH3 is 1. The topological polar surface area (TPSA) is 33.3 Å². The van der Waals surface area contributed by atoms with Crippen molar-refractivity contribution in [2.45, 2.75) is 27.3 Å². The Labute approximate surface area is 146 Å². The van der Waals surface area contributed by atoms with Gasteiger partial charge >= 0.3 is 0 Å². The molecule has 0 saturated heterocycles. The summed E-state index contributed by atoms with van der Waals surface area (Å²) < 4.78 is 5.07. The van der Waals surface area contributed by atoms with Gasteiger partial charge in [0.25, 0.3) is 0 Å². The van der Waals surface area contributed by atoms with Crippen molar-refractivity contribution in [3.63, 3.8) is 0 Å². The molecular weight excluding hydrogens is 304 g/mol. The van der Waals surface area contributed by atoms with Crippen molar-refractivity contribution in [1.29, 1.82) is 0 Å². The summed E-state index contributed by atoms with van der Waals surface area (Å²) in [5.41, 5.74) is 3.68. The van der Waals surface area contributed by atoms with Gasteiger partial charge in [0.15, 0.2) is 0 Å². The van der Waals surface area contributed by atoms with Crippen LogP contribution in [0.3, 0.4) is 0 Å². The largest absolute Gasteiger partial charge is 0.495 e. The molecule has 0 radical (unpaired) electrons. The normalized spacial score (nSPS) is 10.1. The Morgan fingerprint density at radius 1 is 1.26 bits per heavy atom. The number of hydrogen-bond donors (Lipinski definition) is 2. The molecule has 126 valence electrons. The van der Waals surface area contributed by atoms with Crippen molar-refractivity contribution < 1.29 is 4.74 Å². The summed E-state index contributed by atoms with van der Waals surface area (Å²) >= 11 is 4.65. The maximum atomic E-state index is 5.07. The van der Waals surface area contributed by atoms with E-state index in [-0.39, 0.29) is 0 Å². The highest BCUT2D eigenvalue weighted by Crippen LogP contribution is 2.05. The van der Waals surface area contributed by atoms with Gasteiger partial charge in [0.1, 0.15) is 5.76 Å². The van der Waals surface area contributed by atoms with E-state index in [2.05, 4.69) is 47.3 Å². The summed E-state index contributed by atoms with van der Waals surface area (Å²) in [6.45, 7) is 6.44. The lowest BCUT2D eigenvalue weighted by Crippen LogP contribution is -2.11. The fraction of sp³-hybridized carbons (Fsp3) is 0.316. The van der Waals surface area contributed by atoms with Crippen LogP contribution in [-0.2, 0) is 11.3 Å². The van der Waals surface area contributed by atoms with Crippen LogP contribution in [0.1, 0.15) is 26.3 Å². The van der Waals surface area contributed by atoms with Gasteiger partial charge < -0.3 is 15.4 Å². The number of ether oxygens (including phenoxy) is 1. The Morgan fingerprint density at radius 3 is 2.17 bits per heavy atom. The molecule has 0 amide bonds. The smallest absolute Gasteiger partial charge is 0.137 e. The van der Waals surface area contributed by atoms with Gasteiger partial charge in [-0.3, -0.25) is 0 Å². The zero-order valence-electron chi connectivity index (χ0n) is 14.7. The second-order valence-electron chi connectivity index (χ2n) is 4.13. The summed E-state index contributed by atoms with van der Waals surface area (Å²) in [4.78, 5) is 0. The summed E-state index contributed by atoms with van der Waals surface area (Å²) in [7, 11) is 3.58. The zero-order chi connectivity index (χ0) is 17.9. The van der Waals surface area contributed by atoms with Crippen molar-refractivity contribution in [2.24, 2.45) is 0 Å². The molecule has 0 aliphatic carbocycles. The van der Waals surface area contributed by atoms with E-state index in [0.717, 1.165) is 18.0 Å². The second kappa shape index (κ2) is 18.0. The molecule has 0 unspecified atom stereocenters. The fourth-order valence-electron chi connectivity index (χ4n) is 1.54. The van der Waals surface area contributed by atoms with E-state index in [1.165, 1.54) is 11.1 Å². The quantitative estimate of drug-likeness (QED) is 0.357. The molecule has 2 N–H and O–H groups in total. The zero-order valence-corrected chi connectivity index (χ0v) is 15.5. The molecule has 0 spiro atoms. The molecule has 0 fully saturated rings. The van der Waals surface area contributed by atoms with Crippen molar-refractivity contribution >= 4 is 17.7 Å². The fourth-order valence-corrected chi connectivity index (χ4v) is 1.67. The maximum absolute atomic E-state index is 5.07. The van der Waals surface area contributed by atoms with Gasteiger partial charge in [-0.1, -0.05) is 48.6 Å². The van der Waals surface area contributed by atoms with Crippen LogP contribution in [0.4, 0.5) is 0 Å². The van der Waals surface area contributed by atoms with Gasteiger partial charge in [-0.15, -0.1) is 12.3 Å². The van der Waals surface area contributed by atoms with Crippen LogP contribution in [-0.4, -0.2) is 19.6 Å². The van der Waals surface area contributed by atoms with Crippen LogP contribution < -0.4 is 10.6 Å². The Kier molecular flexibility index (Phi) is 18.1. The third kappa shape index (κ3) is 13.3. The second-order valence-corrected chi connectivity index (χ2v) is 4.36. The molecule has 0 aliphatic heterocycles. The first-order chi connectivity index (χ1) is 11.1. The lowest BCUT2D eigenvalue weighted by atomic mass is 10.2. The molecular formula is C19H28N2OS. The van der Waals surface area contributed by atoms with Crippen LogP contribution in [0.5, 0.6) is 0 Å². The molecule has 23 heavy (non-hydrogen) atoms. The number of thiocarbonyl (C=S) groups is 1. The summed E-state index contributed by atoms with van der Waals surface area (Å²) in [6.07, 6.45) is 8.38. The third-order valence-electron chi connectivity index (χ3n) is 2.47. The Balaban J connectivity index is 0. The van der Waals surface area contributed by atoms with Gasteiger partial charge in [-0.25, -0.2) is 0 Å². The molecule has 1 rings (SSSR count). The third-order valence-corrected chi connectivity index (χ3v) is 2.59. The highest BCUT2D eigenvalue weighted by Gasteiger charge is 1.98. The molecule has 0 atom stereocenters. The maximum Gasteiger partial charge on any atom is 0.137 e. The molecule has 1 aromatic carbocycles. The highest BCUT2D eigenvalue weighted by atomic mass is 32.1. The minimum absolute atomic E-state index is 0.800. The van der Waals surface area contributed by atoms with E-state index in [4.69, 9.17) is 4.74 Å². The number of rotatable bonds is 6. The van der Waals surface area contributed by atoms with Crippen molar-refractivity contribution in [2.75, 3.05) is 14.2 Å². The van der Waals surface area contributed by atoms with Crippen LogP contribution in [0.15, 0.2) is 53.9 Å². The number of benzene rings is 1. The molecule has 0 aliphatic rings. The van der Waals surface area contributed by atoms with E-state index >= 15 is 0 Å². The molecule has 1 aromatic rings. The van der Waals surface area contributed by atoms with Gasteiger partial charge in [0, 0.05) is 6.54 Å². The molecule has 3 nitrogen and oxygen atoms in total.